The number of ether oxygens (including phenoxy) is 4. The number of unbranched alkanes of at least 4 members (excludes halogenated alkanes) is 14. The zero-order valence-electron chi connectivity index (χ0n) is 37.7. The van der Waals surface area contributed by atoms with E-state index in [0.717, 1.165) is 103 Å². The molecule has 0 aromatic rings. The molecule has 0 aliphatic carbocycles. The van der Waals surface area contributed by atoms with Gasteiger partial charge in [0.2, 0.25) is 0 Å². The third-order valence-electron chi connectivity index (χ3n) is 10.3. The Morgan fingerprint density at radius 3 is 1.53 bits per heavy atom. The van der Waals surface area contributed by atoms with Crippen LogP contribution in [0.15, 0.2) is 85.1 Å². The topological polar surface area (TPSA) is 135 Å². The fourth-order valence-electron chi connectivity index (χ4n) is 6.61. The predicted octanol–water partition coefficient (Wildman–Crippen LogP) is 11.0. The summed E-state index contributed by atoms with van der Waals surface area (Å²) in [6.07, 6.45) is 48.9. The van der Waals surface area contributed by atoms with Crippen LogP contribution in [-0.2, 0) is 23.7 Å². The second-order valence-corrected chi connectivity index (χ2v) is 15.8. The molecule has 4 N–H and O–H groups in total. The third-order valence-corrected chi connectivity index (χ3v) is 10.3. The molecule has 1 aliphatic heterocycles. The molecule has 344 valence electrons. The quantitative estimate of drug-likeness (QED) is 0.0271. The van der Waals surface area contributed by atoms with Gasteiger partial charge >= 0.3 is 5.97 Å². The second kappa shape index (κ2) is 41.7. The molecule has 1 fully saturated rings. The van der Waals surface area contributed by atoms with Gasteiger partial charge in [0.05, 0.1) is 19.8 Å². The van der Waals surface area contributed by atoms with Crippen LogP contribution in [0.2, 0.25) is 0 Å². The average Bonchev–Trinajstić information content (AvgIpc) is 3.25. The van der Waals surface area contributed by atoms with Gasteiger partial charge < -0.3 is 39.4 Å². The van der Waals surface area contributed by atoms with E-state index in [1.54, 1.807) is 0 Å². The van der Waals surface area contributed by atoms with E-state index in [1.165, 1.54) is 44.9 Å². The number of aliphatic hydroxyl groups is 4. The number of carbonyl (C=O) groups excluding carboxylic acids is 1. The fraction of sp³-hybridized carbons (Fsp3) is 0.706. The van der Waals surface area contributed by atoms with Crippen LogP contribution < -0.4 is 0 Å². The van der Waals surface area contributed by atoms with E-state index in [2.05, 4.69) is 98.9 Å². The summed E-state index contributed by atoms with van der Waals surface area (Å²) in [6.45, 7) is 4.33. The Labute approximate surface area is 365 Å². The number of aliphatic hydroxyl groups excluding tert-OH is 4. The van der Waals surface area contributed by atoms with Gasteiger partial charge in [0.15, 0.2) is 6.29 Å². The molecule has 0 saturated carbocycles. The molecule has 0 amide bonds. The Balaban J connectivity index is 2.29. The Morgan fingerprint density at radius 1 is 0.550 bits per heavy atom. The predicted molar refractivity (Wildman–Crippen MR) is 247 cm³/mol. The minimum Gasteiger partial charge on any atom is -0.457 e. The molecule has 0 radical (unpaired) electrons. The molecule has 60 heavy (non-hydrogen) atoms. The number of carbonyl (C=O) groups is 1. The van der Waals surface area contributed by atoms with Crippen molar-refractivity contribution in [3.05, 3.63) is 85.1 Å². The summed E-state index contributed by atoms with van der Waals surface area (Å²) in [6, 6.07) is 0. The zero-order valence-corrected chi connectivity index (χ0v) is 37.7. The lowest BCUT2D eigenvalue weighted by molar-refractivity contribution is -0.305. The van der Waals surface area contributed by atoms with Crippen LogP contribution in [0.5, 0.6) is 0 Å². The van der Waals surface area contributed by atoms with E-state index < -0.39 is 43.4 Å². The minimum absolute atomic E-state index is 0.119. The smallest absolute Gasteiger partial charge is 0.306 e. The summed E-state index contributed by atoms with van der Waals surface area (Å²) in [4.78, 5) is 12.8. The van der Waals surface area contributed by atoms with Crippen molar-refractivity contribution in [2.45, 2.75) is 205 Å². The van der Waals surface area contributed by atoms with Gasteiger partial charge in [0.25, 0.3) is 0 Å². The third kappa shape index (κ3) is 32.1. The first kappa shape index (κ1) is 55.4. The van der Waals surface area contributed by atoms with Crippen molar-refractivity contribution in [2.24, 2.45) is 0 Å². The van der Waals surface area contributed by atoms with Crippen molar-refractivity contribution in [3.63, 3.8) is 0 Å². The molecular formula is C51H86O9. The Bertz CT molecular complexity index is 1190. The van der Waals surface area contributed by atoms with Gasteiger partial charge in [-0.3, -0.25) is 4.79 Å². The molecule has 9 nitrogen and oxygen atoms in total. The largest absolute Gasteiger partial charge is 0.457 e. The van der Waals surface area contributed by atoms with Crippen LogP contribution in [0.3, 0.4) is 0 Å². The molecule has 1 rings (SSSR count). The average molecular weight is 843 g/mol. The Kier molecular flexibility index (Phi) is 38.5. The molecule has 0 spiro atoms. The van der Waals surface area contributed by atoms with Crippen molar-refractivity contribution in [3.8, 4) is 0 Å². The lowest BCUT2D eigenvalue weighted by atomic mass is 9.99. The zero-order chi connectivity index (χ0) is 43.6. The molecule has 6 unspecified atom stereocenters. The molecule has 6 atom stereocenters. The molecule has 1 aliphatic rings. The van der Waals surface area contributed by atoms with Crippen LogP contribution in [0, 0.1) is 0 Å². The van der Waals surface area contributed by atoms with Gasteiger partial charge in [-0.15, -0.1) is 0 Å². The maximum Gasteiger partial charge on any atom is 0.306 e. The van der Waals surface area contributed by atoms with Crippen molar-refractivity contribution >= 4 is 5.97 Å². The first-order valence-electron chi connectivity index (χ1n) is 23.7. The van der Waals surface area contributed by atoms with Gasteiger partial charge in [0, 0.05) is 13.0 Å². The maximum atomic E-state index is 12.8. The van der Waals surface area contributed by atoms with E-state index in [-0.39, 0.29) is 19.2 Å². The fourth-order valence-corrected chi connectivity index (χ4v) is 6.61. The minimum atomic E-state index is -1.55. The maximum absolute atomic E-state index is 12.8. The Morgan fingerprint density at radius 2 is 1.02 bits per heavy atom. The lowest BCUT2D eigenvalue weighted by Crippen LogP contribution is -2.59. The molecule has 0 aromatic carbocycles. The number of allylic oxidation sites excluding steroid dienone is 14. The van der Waals surface area contributed by atoms with Gasteiger partial charge in [0.1, 0.15) is 30.5 Å². The van der Waals surface area contributed by atoms with Crippen molar-refractivity contribution in [1.29, 1.82) is 0 Å². The van der Waals surface area contributed by atoms with E-state index in [4.69, 9.17) is 18.9 Å². The van der Waals surface area contributed by atoms with Gasteiger partial charge in [-0.05, 0) is 89.9 Å². The first-order valence-corrected chi connectivity index (χ1v) is 23.7. The van der Waals surface area contributed by atoms with Crippen LogP contribution in [0.1, 0.15) is 168 Å². The molecule has 1 heterocycles. The summed E-state index contributed by atoms with van der Waals surface area (Å²) in [5.74, 6) is -0.335. The van der Waals surface area contributed by atoms with Crippen LogP contribution in [-0.4, -0.2) is 89.6 Å². The van der Waals surface area contributed by atoms with Crippen molar-refractivity contribution < 1.29 is 44.2 Å². The highest BCUT2D eigenvalue weighted by atomic mass is 16.7. The number of rotatable bonds is 39. The molecular weight excluding hydrogens is 757 g/mol. The van der Waals surface area contributed by atoms with Crippen LogP contribution >= 0.6 is 0 Å². The van der Waals surface area contributed by atoms with Crippen LogP contribution in [0.4, 0.5) is 0 Å². The number of hydrogen-bond acceptors (Lipinski definition) is 9. The van der Waals surface area contributed by atoms with E-state index >= 15 is 0 Å². The summed E-state index contributed by atoms with van der Waals surface area (Å²) in [5, 5.41) is 40.2. The standard InChI is InChI=1S/C51H86O9/c1-3-5-7-9-11-13-15-17-19-21-22-23-25-27-29-31-33-35-37-39-41-57-43-45(44-58-51-50(56)49(55)48(54)46(42-52)60-51)59-47(53)40-38-36-34-32-30-28-26-24-20-18-16-14-12-10-8-6-4-2/h5,7,11-14,17-20,22-23,27,29,45-46,48-52,54-56H,3-4,6,8-10,15-16,21,24-26,28,30-44H2,1-2H3/b7-5-,13-11-,14-12-,19-17-,20-18-,23-22-,29-27-. The number of hydrogen-bond donors (Lipinski definition) is 4. The highest BCUT2D eigenvalue weighted by molar-refractivity contribution is 5.69. The van der Waals surface area contributed by atoms with Crippen molar-refractivity contribution in [1.82, 2.24) is 0 Å². The summed E-state index contributed by atoms with van der Waals surface area (Å²) in [5.41, 5.74) is 0. The SMILES string of the molecule is CC/C=C\C/C=C\C/C=C\C/C=C\C/C=C\CCCCCCOCC(COC1OC(CO)C(O)C(O)C1O)OC(=O)CCCCCCCCC/C=C\C/C=C\CCCCC. The normalized spacial score (nSPS) is 20.8. The van der Waals surface area contributed by atoms with Gasteiger partial charge in [-0.25, -0.2) is 0 Å². The second-order valence-electron chi connectivity index (χ2n) is 15.8. The molecule has 1 saturated heterocycles. The summed E-state index contributed by atoms with van der Waals surface area (Å²) >= 11 is 0. The highest BCUT2D eigenvalue weighted by Crippen LogP contribution is 2.22. The van der Waals surface area contributed by atoms with Gasteiger partial charge in [-0.2, -0.15) is 0 Å². The Hall–Kier alpha value is -2.63. The van der Waals surface area contributed by atoms with Gasteiger partial charge in [-0.1, -0.05) is 157 Å². The van der Waals surface area contributed by atoms with E-state index in [9.17, 15) is 25.2 Å². The van der Waals surface area contributed by atoms with Crippen molar-refractivity contribution in [2.75, 3.05) is 26.4 Å². The van der Waals surface area contributed by atoms with E-state index in [1.807, 2.05) is 0 Å². The first-order chi connectivity index (χ1) is 29.4. The molecule has 9 heteroatoms. The number of esters is 1. The molecule has 0 aromatic heterocycles. The van der Waals surface area contributed by atoms with Crippen LogP contribution in [0.25, 0.3) is 0 Å². The summed E-state index contributed by atoms with van der Waals surface area (Å²) < 4.78 is 22.8. The monoisotopic (exact) mass is 843 g/mol. The molecule has 0 bridgehead atoms. The van der Waals surface area contributed by atoms with E-state index in [0.29, 0.717) is 13.0 Å². The highest BCUT2D eigenvalue weighted by Gasteiger charge is 2.44. The summed E-state index contributed by atoms with van der Waals surface area (Å²) in [7, 11) is 0. The lowest BCUT2D eigenvalue weighted by Gasteiger charge is -2.39.